The summed E-state index contributed by atoms with van der Waals surface area (Å²) in [5, 5.41) is 0. The molecule has 0 spiro atoms. The third-order valence-electron chi connectivity index (χ3n) is 4.33. The first-order valence-corrected chi connectivity index (χ1v) is 11.1. The molecule has 0 amide bonds. The predicted octanol–water partition coefficient (Wildman–Crippen LogP) is 2.40. The van der Waals surface area contributed by atoms with Crippen LogP contribution in [0.4, 0.5) is 11.6 Å². The molecular weight excluding hydrogens is 364 g/mol. The van der Waals surface area contributed by atoms with Gasteiger partial charge >= 0.3 is 0 Å². The Bertz CT molecular complexity index is 1090. The van der Waals surface area contributed by atoms with E-state index < -0.39 is 9.73 Å². The Labute approximate surface area is 158 Å². The fourth-order valence-corrected chi connectivity index (χ4v) is 3.67. The first-order chi connectivity index (χ1) is 12.9. The van der Waals surface area contributed by atoms with Crippen molar-refractivity contribution in [2.24, 2.45) is 4.36 Å². The molecule has 1 unspecified atom stereocenters. The molecule has 1 atom stereocenters. The van der Waals surface area contributed by atoms with Crippen molar-refractivity contribution in [3.63, 3.8) is 0 Å². The van der Waals surface area contributed by atoms with Crippen LogP contribution in [0.15, 0.2) is 41.0 Å². The second kappa shape index (κ2) is 6.90. The molecule has 4 rings (SSSR count). The van der Waals surface area contributed by atoms with Crippen molar-refractivity contribution >= 4 is 32.4 Å². The SMILES string of the molecule is CC1COCCN1c1cc(N=S(C)(C)=O)nc(-n2cnc3ccccc32)n1. The summed E-state index contributed by atoms with van der Waals surface area (Å²) in [4.78, 5) is 15.9. The van der Waals surface area contributed by atoms with E-state index in [1.165, 1.54) is 0 Å². The summed E-state index contributed by atoms with van der Waals surface area (Å²) in [7, 11) is -2.35. The van der Waals surface area contributed by atoms with Gasteiger partial charge in [0.1, 0.15) is 12.1 Å². The Balaban J connectivity index is 1.89. The first-order valence-electron chi connectivity index (χ1n) is 8.74. The number of anilines is 1. The highest BCUT2D eigenvalue weighted by atomic mass is 32.2. The number of imidazole rings is 1. The minimum atomic E-state index is -2.35. The van der Waals surface area contributed by atoms with Gasteiger partial charge in [-0.2, -0.15) is 14.3 Å². The topological polar surface area (TPSA) is 85.5 Å². The fraction of sp³-hybridized carbons (Fsp3) is 0.389. The van der Waals surface area contributed by atoms with Crippen molar-refractivity contribution in [2.45, 2.75) is 13.0 Å². The Morgan fingerprint density at radius 2 is 2.07 bits per heavy atom. The zero-order valence-electron chi connectivity index (χ0n) is 15.6. The Hall–Kier alpha value is -2.52. The monoisotopic (exact) mass is 386 g/mol. The van der Waals surface area contributed by atoms with Crippen LogP contribution >= 0.6 is 0 Å². The van der Waals surface area contributed by atoms with E-state index in [4.69, 9.17) is 9.72 Å². The van der Waals surface area contributed by atoms with E-state index in [2.05, 4.69) is 26.2 Å². The quantitative estimate of drug-likeness (QED) is 0.687. The van der Waals surface area contributed by atoms with Gasteiger partial charge in [-0.3, -0.25) is 4.57 Å². The van der Waals surface area contributed by atoms with E-state index in [0.29, 0.717) is 25.0 Å². The number of morpholine rings is 1. The Morgan fingerprint density at radius 3 is 2.85 bits per heavy atom. The normalized spacial score (nSPS) is 18.0. The first kappa shape index (κ1) is 17.9. The second-order valence-corrected chi connectivity index (χ2v) is 9.42. The maximum absolute atomic E-state index is 12.2. The van der Waals surface area contributed by atoms with Gasteiger partial charge in [0.25, 0.3) is 0 Å². The summed E-state index contributed by atoms with van der Waals surface area (Å²) in [6.45, 7) is 4.10. The average molecular weight is 386 g/mol. The molecule has 1 saturated heterocycles. The molecule has 3 heterocycles. The van der Waals surface area contributed by atoms with Gasteiger partial charge in [-0.15, -0.1) is 0 Å². The molecule has 2 aromatic heterocycles. The number of para-hydroxylation sites is 2. The van der Waals surface area contributed by atoms with E-state index in [1.807, 2.05) is 28.8 Å². The van der Waals surface area contributed by atoms with E-state index in [-0.39, 0.29) is 6.04 Å². The van der Waals surface area contributed by atoms with E-state index in [0.717, 1.165) is 23.4 Å². The van der Waals surface area contributed by atoms with Crippen molar-refractivity contribution in [1.82, 2.24) is 19.5 Å². The number of nitrogens with zero attached hydrogens (tertiary/aromatic N) is 6. The highest BCUT2D eigenvalue weighted by Crippen LogP contribution is 2.25. The molecule has 0 aliphatic carbocycles. The van der Waals surface area contributed by atoms with Gasteiger partial charge < -0.3 is 9.64 Å². The van der Waals surface area contributed by atoms with Gasteiger partial charge in [-0.05, 0) is 19.1 Å². The smallest absolute Gasteiger partial charge is 0.239 e. The third-order valence-corrected chi connectivity index (χ3v) is 4.96. The van der Waals surface area contributed by atoms with Crippen LogP contribution < -0.4 is 4.90 Å². The Morgan fingerprint density at radius 1 is 1.26 bits per heavy atom. The molecular formula is C18H22N6O2S. The molecule has 0 bridgehead atoms. The summed E-state index contributed by atoms with van der Waals surface area (Å²) in [6, 6.07) is 9.77. The van der Waals surface area contributed by atoms with Crippen LogP contribution in [0.1, 0.15) is 6.92 Å². The molecule has 3 aromatic rings. The average Bonchev–Trinajstić information content (AvgIpc) is 3.04. The lowest BCUT2D eigenvalue weighted by Crippen LogP contribution is -2.44. The van der Waals surface area contributed by atoms with Gasteiger partial charge in [-0.1, -0.05) is 12.1 Å². The third kappa shape index (κ3) is 3.79. The molecule has 8 nitrogen and oxygen atoms in total. The van der Waals surface area contributed by atoms with Crippen molar-refractivity contribution in [3.8, 4) is 5.95 Å². The zero-order valence-corrected chi connectivity index (χ0v) is 16.4. The second-order valence-electron chi connectivity index (χ2n) is 6.88. The fourth-order valence-electron chi connectivity index (χ4n) is 3.12. The van der Waals surface area contributed by atoms with E-state index >= 15 is 0 Å². The molecule has 0 radical (unpaired) electrons. The van der Waals surface area contributed by atoms with Gasteiger partial charge in [-0.25, -0.2) is 9.19 Å². The van der Waals surface area contributed by atoms with E-state index in [1.54, 1.807) is 24.9 Å². The summed E-state index contributed by atoms with van der Waals surface area (Å²) in [6.07, 6.45) is 4.89. The number of fused-ring (bicyclic) bond motifs is 1. The van der Waals surface area contributed by atoms with Crippen LogP contribution in [0.5, 0.6) is 0 Å². The van der Waals surface area contributed by atoms with Gasteiger partial charge in [0.05, 0.1) is 30.3 Å². The van der Waals surface area contributed by atoms with Crippen molar-refractivity contribution in [1.29, 1.82) is 0 Å². The maximum Gasteiger partial charge on any atom is 0.239 e. The van der Waals surface area contributed by atoms with Crippen LogP contribution in [0.2, 0.25) is 0 Å². The maximum atomic E-state index is 12.2. The number of ether oxygens (including phenoxy) is 1. The summed E-state index contributed by atoms with van der Waals surface area (Å²) in [5.41, 5.74) is 1.77. The lowest BCUT2D eigenvalue weighted by atomic mass is 10.2. The molecule has 142 valence electrons. The summed E-state index contributed by atoms with van der Waals surface area (Å²) < 4.78 is 23.9. The van der Waals surface area contributed by atoms with E-state index in [9.17, 15) is 4.21 Å². The van der Waals surface area contributed by atoms with Crippen molar-refractivity contribution < 1.29 is 8.95 Å². The molecule has 1 fully saturated rings. The van der Waals surface area contributed by atoms with Crippen LogP contribution in [0, 0.1) is 0 Å². The highest BCUT2D eigenvalue weighted by Gasteiger charge is 2.22. The molecule has 1 aliphatic heterocycles. The van der Waals surface area contributed by atoms with Crippen LogP contribution in [0.25, 0.3) is 17.0 Å². The molecule has 1 aromatic carbocycles. The Kier molecular flexibility index (Phi) is 4.56. The van der Waals surface area contributed by atoms with Crippen molar-refractivity contribution in [3.05, 3.63) is 36.7 Å². The standard InChI is InChI=1S/C18H22N6O2S/c1-13-11-26-9-8-23(13)17-10-16(22-27(2,3)25)20-18(21-17)24-12-19-14-6-4-5-7-15(14)24/h4-7,10,12-13H,8-9,11H2,1-3H3. The molecule has 0 N–H and O–H groups in total. The number of rotatable bonds is 3. The number of hydrogen-bond donors (Lipinski definition) is 0. The van der Waals surface area contributed by atoms with Crippen molar-refractivity contribution in [2.75, 3.05) is 37.2 Å². The number of hydrogen-bond acceptors (Lipinski definition) is 7. The van der Waals surface area contributed by atoms with Crippen LogP contribution in [0.3, 0.4) is 0 Å². The molecule has 9 heteroatoms. The number of benzene rings is 1. The number of aromatic nitrogens is 4. The zero-order chi connectivity index (χ0) is 19.0. The molecule has 27 heavy (non-hydrogen) atoms. The largest absolute Gasteiger partial charge is 0.377 e. The van der Waals surface area contributed by atoms with Gasteiger partial charge in [0.15, 0.2) is 5.82 Å². The summed E-state index contributed by atoms with van der Waals surface area (Å²) in [5.74, 6) is 1.61. The van der Waals surface area contributed by atoms with Crippen LogP contribution in [-0.2, 0) is 14.5 Å². The van der Waals surface area contributed by atoms with Gasteiger partial charge in [0.2, 0.25) is 5.95 Å². The van der Waals surface area contributed by atoms with Gasteiger partial charge in [0, 0.05) is 34.9 Å². The summed E-state index contributed by atoms with van der Waals surface area (Å²) >= 11 is 0. The minimum absolute atomic E-state index is 0.182. The highest BCUT2D eigenvalue weighted by molar-refractivity contribution is 7.92. The molecule has 1 aliphatic rings. The molecule has 0 saturated carbocycles. The lowest BCUT2D eigenvalue weighted by molar-refractivity contribution is 0.0985. The predicted molar refractivity (Wildman–Crippen MR) is 106 cm³/mol. The lowest BCUT2D eigenvalue weighted by Gasteiger charge is -2.34. The minimum Gasteiger partial charge on any atom is -0.377 e. The van der Waals surface area contributed by atoms with Crippen LogP contribution in [-0.4, -0.2) is 62.0 Å².